The third kappa shape index (κ3) is 3.79. The first-order valence-electron chi connectivity index (χ1n) is 5.48. The summed E-state index contributed by atoms with van der Waals surface area (Å²) in [6.07, 6.45) is 0. The van der Waals surface area contributed by atoms with Crippen LogP contribution in [0.3, 0.4) is 0 Å². The molecule has 2 aromatic carbocycles. The van der Waals surface area contributed by atoms with Crippen LogP contribution in [0, 0.1) is 0 Å². The van der Waals surface area contributed by atoms with Gasteiger partial charge >= 0.3 is 0 Å². The molecule has 0 aliphatic rings. The summed E-state index contributed by atoms with van der Waals surface area (Å²) in [6, 6.07) is 11.8. The van der Waals surface area contributed by atoms with Crippen LogP contribution in [0.15, 0.2) is 47.4 Å². The van der Waals surface area contributed by atoms with Crippen molar-refractivity contribution >= 4 is 42.9 Å². The van der Waals surface area contributed by atoms with Gasteiger partial charge in [-0.25, -0.2) is 8.42 Å². The van der Waals surface area contributed by atoms with Gasteiger partial charge in [0.05, 0.1) is 14.9 Å². The Kier molecular flexibility index (Phi) is 4.81. The predicted molar refractivity (Wildman–Crippen MR) is 80.3 cm³/mol. The minimum atomic E-state index is -3.88. The highest BCUT2D eigenvalue weighted by Crippen LogP contribution is 2.36. The molecule has 0 aromatic heterocycles. The van der Waals surface area contributed by atoms with E-state index in [9.17, 15) is 8.42 Å². The lowest BCUT2D eigenvalue weighted by molar-refractivity contribution is 0.306. The Morgan fingerprint density at radius 3 is 2.05 bits per heavy atom. The van der Waals surface area contributed by atoms with E-state index in [0.29, 0.717) is 0 Å². The summed E-state index contributed by atoms with van der Waals surface area (Å²) in [6.45, 7) is 0.271. The highest BCUT2D eigenvalue weighted by molar-refractivity contribution is 8.13. The van der Waals surface area contributed by atoms with Gasteiger partial charge in [0.1, 0.15) is 6.61 Å². The summed E-state index contributed by atoms with van der Waals surface area (Å²) in [7, 11) is 1.36. The summed E-state index contributed by atoms with van der Waals surface area (Å²) < 4.78 is 28.0. The van der Waals surface area contributed by atoms with Crippen LogP contribution >= 0.6 is 33.9 Å². The van der Waals surface area contributed by atoms with Gasteiger partial charge in [0.15, 0.2) is 5.75 Å². The number of hydrogen-bond donors (Lipinski definition) is 0. The number of hydrogen-bond acceptors (Lipinski definition) is 3. The molecular formula is C13H9Cl3O3S. The van der Waals surface area contributed by atoms with E-state index in [4.69, 9.17) is 38.6 Å². The maximum Gasteiger partial charge on any atom is 0.261 e. The minimum Gasteiger partial charge on any atom is -0.486 e. The summed E-state index contributed by atoms with van der Waals surface area (Å²) in [5, 5.41) is 0.181. The van der Waals surface area contributed by atoms with Crippen LogP contribution in [-0.2, 0) is 15.7 Å². The maximum absolute atomic E-state index is 11.2. The Labute approximate surface area is 131 Å². The molecule has 0 spiro atoms. The van der Waals surface area contributed by atoms with Crippen molar-refractivity contribution in [3.63, 3.8) is 0 Å². The van der Waals surface area contributed by atoms with Gasteiger partial charge < -0.3 is 4.74 Å². The Bertz CT molecular complexity index is 692. The van der Waals surface area contributed by atoms with Crippen molar-refractivity contribution in [2.75, 3.05) is 0 Å². The van der Waals surface area contributed by atoms with E-state index in [0.717, 1.165) is 5.56 Å². The molecule has 0 N–H and O–H groups in total. The zero-order valence-electron chi connectivity index (χ0n) is 10.0. The van der Waals surface area contributed by atoms with Crippen LogP contribution in [0.5, 0.6) is 5.75 Å². The number of benzene rings is 2. The lowest BCUT2D eigenvalue weighted by Gasteiger charge is -2.11. The fourth-order valence-electron chi connectivity index (χ4n) is 1.55. The first-order valence-corrected chi connectivity index (χ1v) is 8.55. The van der Waals surface area contributed by atoms with Gasteiger partial charge in [0.2, 0.25) is 0 Å². The molecule has 0 bridgehead atoms. The van der Waals surface area contributed by atoms with Crippen molar-refractivity contribution < 1.29 is 13.2 Å². The highest BCUT2D eigenvalue weighted by Gasteiger charge is 2.17. The van der Waals surface area contributed by atoms with Crippen molar-refractivity contribution in [3.8, 4) is 5.75 Å². The molecule has 0 saturated carbocycles. The van der Waals surface area contributed by atoms with Gasteiger partial charge in [0.25, 0.3) is 9.05 Å². The van der Waals surface area contributed by atoms with Crippen molar-refractivity contribution in [3.05, 3.63) is 58.1 Å². The van der Waals surface area contributed by atoms with E-state index < -0.39 is 9.05 Å². The Hall–Kier alpha value is -0.940. The standard InChI is InChI=1S/C13H9Cl3O3S/c14-11-6-10(20(16,17)18)7-12(15)13(11)19-8-9-4-2-1-3-5-9/h1-7H,8H2. The van der Waals surface area contributed by atoms with Crippen molar-refractivity contribution in [2.45, 2.75) is 11.5 Å². The van der Waals surface area contributed by atoms with E-state index in [1.54, 1.807) is 0 Å². The Morgan fingerprint density at radius 2 is 1.55 bits per heavy atom. The van der Waals surface area contributed by atoms with Gasteiger partial charge in [0, 0.05) is 10.7 Å². The van der Waals surface area contributed by atoms with Crippen molar-refractivity contribution in [1.82, 2.24) is 0 Å². The van der Waals surface area contributed by atoms with Gasteiger partial charge in [-0.1, -0.05) is 53.5 Å². The molecule has 20 heavy (non-hydrogen) atoms. The van der Waals surface area contributed by atoms with Crippen LogP contribution in [0.25, 0.3) is 0 Å². The van der Waals surface area contributed by atoms with Gasteiger partial charge in [-0.15, -0.1) is 0 Å². The quantitative estimate of drug-likeness (QED) is 0.762. The average Bonchev–Trinajstić information content (AvgIpc) is 2.37. The molecule has 0 fully saturated rings. The number of ether oxygens (including phenoxy) is 1. The predicted octanol–water partition coefficient (Wildman–Crippen LogP) is 4.50. The molecule has 0 aliphatic carbocycles. The first-order chi connectivity index (χ1) is 9.38. The topological polar surface area (TPSA) is 43.4 Å². The molecule has 0 aliphatic heterocycles. The first kappa shape index (κ1) is 15.4. The molecular weight excluding hydrogens is 343 g/mol. The van der Waals surface area contributed by atoms with Crippen molar-refractivity contribution in [2.24, 2.45) is 0 Å². The highest BCUT2D eigenvalue weighted by atomic mass is 35.7. The van der Waals surface area contributed by atoms with Crippen LogP contribution in [0.2, 0.25) is 10.0 Å². The van der Waals surface area contributed by atoms with E-state index in [1.807, 2.05) is 30.3 Å². The van der Waals surface area contributed by atoms with Gasteiger partial charge in [-0.2, -0.15) is 0 Å². The van der Waals surface area contributed by atoms with Crippen LogP contribution in [0.4, 0.5) is 0 Å². The SMILES string of the molecule is O=S(=O)(Cl)c1cc(Cl)c(OCc2ccccc2)c(Cl)c1. The summed E-state index contributed by atoms with van der Waals surface area (Å²) in [5.74, 6) is 0.223. The van der Waals surface area contributed by atoms with Crippen LogP contribution in [0.1, 0.15) is 5.56 Å². The molecule has 106 valence electrons. The normalized spacial score (nSPS) is 11.3. The van der Waals surface area contributed by atoms with E-state index in [1.165, 1.54) is 12.1 Å². The van der Waals surface area contributed by atoms with Crippen molar-refractivity contribution in [1.29, 1.82) is 0 Å². The summed E-state index contributed by atoms with van der Waals surface area (Å²) in [5.41, 5.74) is 0.939. The number of rotatable bonds is 4. The molecule has 0 heterocycles. The van der Waals surface area contributed by atoms with Crippen LogP contribution < -0.4 is 4.74 Å². The molecule has 3 nitrogen and oxygen atoms in total. The average molecular weight is 352 g/mol. The monoisotopic (exact) mass is 350 g/mol. The molecule has 0 saturated heterocycles. The Balaban J connectivity index is 2.25. The molecule has 0 atom stereocenters. The van der Waals surface area contributed by atoms with Gasteiger partial charge in [-0.05, 0) is 17.7 Å². The van der Waals surface area contributed by atoms with E-state index in [2.05, 4.69) is 0 Å². The second-order valence-corrected chi connectivity index (χ2v) is 7.31. The zero-order chi connectivity index (χ0) is 14.8. The fourth-order valence-corrected chi connectivity index (χ4v) is 3.06. The maximum atomic E-state index is 11.2. The van der Waals surface area contributed by atoms with E-state index >= 15 is 0 Å². The molecule has 0 amide bonds. The lowest BCUT2D eigenvalue weighted by Crippen LogP contribution is -1.98. The largest absolute Gasteiger partial charge is 0.486 e. The molecule has 0 radical (unpaired) electrons. The number of halogens is 3. The summed E-state index contributed by atoms with van der Waals surface area (Å²) >= 11 is 11.9. The van der Waals surface area contributed by atoms with Gasteiger partial charge in [-0.3, -0.25) is 0 Å². The second-order valence-electron chi connectivity index (χ2n) is 3.93. The Morgan fingerprint density at radius 1 is 1.00 bits per heavy atom. The van der Waals surface area contributed by atoms with Crippen LogP contribution in [-0.4, -0.2) is 8.42 Å². The fraction of sp³-hybridized carbons (Fsp3) is 0.0769. The second kappa shape index (κ2) is 6.22. The third-order valence-corrected chi connectivity index (χ3v) is 4.37. The summed E-state index contributed by atoms with van der Waals surface area (Å²) in [4.78, 5) is -0.166. The molecule has 7 heteroatoms. The van der Waals surface area contributed by atoms with E-state index in [-0.39, 0.29) is 27.3 Å². The zero-order valence-corrected chi connectivity index (χ0v) is 13.1. The lowest BCUT2D eigenvalue weighted by atomic mass is 10.2. The molecule has 2 aromatic rings. The minimum absolute atomic E-state index is 0.0904. The molecule has 2 rings (SSSR count). The third-order valence-electron chi connectivity index (χ3n) is 2.48. The molecule has 0 unspecified atom stereocenters. The smallest absolute Gasteiger partial charge is 0.261 e.